The van der Waals surface area contributed by atoms with Gasteiger partial charge in [0, 0.05) is 28.5 Å². The Morgan fingerprint density at radius 3 is 2.83 bits per heavy atom. The number of ether oxygens (including phenoxy) is 1. The van der Waals surface area contributed by atoms with E-state index in [9.17, 15) is 9.59 Å². The molecular formula is C21H25N5O3S. The molecule has 9 heteroatoms. The lowest BCUT2D eigenvalue weighted by atomic mass is 9.83. The highest BCUT2D eigenvalue weighted by atomic mass is 32.1. The maximum atomic E-state index is 12.8. The van der Waals surface area contributed by atoms with Gasteiger partial charge < -0.3 is 21.1 Å². The van der Waals surface area contributed by atoms with Gasteiger partial charge in [-0.2, -0.15) is 0 Å². The second kappa shape index (κ2) is 7.41. The van der Waals surface area contributed by atoms with Crippen molar-refractivity contribution in [2.24, 2.45) is 10.9 Å². The SMILES string of the molecule is CC(C)(C)OC(=O)/N=C1/NC(=O)C2CNC[C@]2(c2ccc(-c3cccc(N)c3)s2)N1. The van der Waals surface area contributed by atoms with Gasteiger partial charge in [0.05, 0.1) is 11.5 Å². The van der Waals surface area contributed by atoms with Crippen molar-refractivity contribution >= 4 is 35.0 Å². The highest BCUT2D eigenvalue weighted by molar-refractivity contribution is 7.15. The second-order valence-electron chi connectivity index (χ2n) is 8.50. The molecule has 1 aromatic carbocycles. The number of thiophene rings is 1. The first-order valence-corrected chi connectivity index (χ1v) is 10.6. The lowest BCUT2D eigenvalue weighted by molar-refractivity contribution is -0.125. The van der Waals surface area contributed by atoms with Crippen molar-refractivity contribution in [1.29, 1.82) is 0 Å². The maximum Gasteiger partial charge on any atom is 0.437 e. The standard InChI is InChI=1S/C21H25N5O3S/c1-20(2,3)29-19(28)25-18-24-17(27)14-10-23-11-21(14,26-18)16-8-7-15(30-16)12-5-4-6-13(22)9-12/h4-9,14,23H,10-11,22H2,1-3H3,(H2,24,25,26,27,28)/t14?,21-/m0/s1. The third kappa shape index (κ3) is 3.90. The first-order valence-electron chi connectivity index (χ1n) is 9.74. The van der Waals surface area contributed by atoms with Gasteiger partial charge in [0.15, 0.2) is 0 Å². The van der Waals surface area contributed by atoms with E-state index in [1.54, 1.807) is 32.1 Å². The number of carbonyl (C=O) groups excluding carboxylic acids is 2. The lowest BCUT2D eigenvalue weighted by Crippen LogP contribution is -2.64. The van der Waals surface area contributed by atoms with E-state index in [0.29, 0.717) is 18.8 Å². The molecule has 1 unspecified atom stereocenters. The molecule has 2 atom stereocenters. The zero-order chi connectivity index (χ0) is 21.5. The molecule has 2 aromatic rings. The van der Waals surface area contributed by atoms with E-state index in [2.05, 4.69) is 20.9 Å². The normalized spacial score (nSPS) is 24.8. The van der Waals surface area contributed by atoms with Gasteiger partial charge in [-0.3, -0.25) is 10.1 Å². The number of aliphatic imine (C=N–C) groups is 1. The van der Waals surface area contributed by atoms with Crippen molar-refractivity contribution in [2.45, 2.75) is 31.9 Å². The Bertz CT molecular complexity index is 1030. The van der Waals surface area contributed by atoms with Crippen LogP contribution < -0.4 is 21.7 Å². The molecule has 2 aliphatic rings. The number of carbonyl (C=O) groups is 2. The van der Waals surface area contributed by atoms with Gasteiger partial charge in [-0.15, -0.1) is 16.3 Å². The van der Waals surface area contributed by atoms with Crippen LogP contribution in [0.5, 0.6) is 0 Å². The van der Waals surface area contributed by atoms with Gasteiger partial charge in [-0.1, -0.05) is 12.1 Å². The summed E-state index contributed by atoms with van der Waals surface area (Å²) < 4.78 is 5.26. The van der Waals surface area contributed by atoms with Crippen LogP contribution in [0.3, 0.4) is 0 Å². The second-order valence-corrected chi connectivity index (χ2v) is 9.58. The fourth-order valence-corrected chi connectivity index (χ4v) is 4.98. The fourth-order valence-electron chi connectivity index (χ4n) is 3.78. The highest BCUT2D eigenvalue weighted by Gasteiger charge is 2.53. The van der Waals surface area contributed by atoms with Crippen LogP contribution in [-0.4, -0.2) is 36.7 Å². The number of rotatable bonds is 2. The highest BCUT2D eigenvalue weighted by Crippen LogP contribution is 2.41. The summed E-state index contributed by atoms with van der Waals surface area (Å²) >= 11 is 1.59. The summed E-state index contributed by atoms with van der Waals surface area (Å²) in [4.78, 5) is 31.0. The van der Waals surface area contributed by atoms with Crippen molar-refractivity contribution in [1.82, 2.24) is 16.0 Å². The Balaban J connectivity index is 1.67. The van der Waals surface area contributed by atoms with Crippen LogP contribution in [0.25, 0.3) is 10.4 Å². The van der Waals surface area contributed by atoms with Crippen LogP contribution in [0, 0.1) is 5.92 Å². The lowest BCUT2D eigenvalue weighted by Gasteiger charge is -2.39. The summed E-state index contributed by atoms with van der Waals surface area (Å²) in [5.41, 5.74) is 6.29. The molecule has 1 aromatic heterocycles. The van der Waals surface area contributed by atoms with E-state index in [-0.39, 0.29) is 17.8 Å². The number of amides is 2. The third-order valence-corrected chi connectivity index (χ3v) is 6.37. The van der Waals surface area contributed by atoms with Gasteiger partial charge in [0.25, 0.3) is 0 Å². The number of nitrogens with two attached hydrogens (primary N) is 1. The van der Waals surface area contributed by atoms with Crippen LogP contribution in [0.15, 0.2) is 41.4 Å². The quantitative estimate of drug-likeness (QED) is 0.547. The molecule has 0 spiro atoms. The van der Waals surface area contributed by atoms with Crippen molar-refractivity contribution in [3.05, 3.63) is 41.3 Å². The van der Waals surface area contributed by atoms with Crippen molar-refractivity contribution in [3.8, 4) is 10.4 Å². The third-order valence-electron chi connectivity index (χ3n) is 5.06. The molecule has 2 fully saturated rings. The fraction of sp³-hybridized carbons (Fsp3) is 0.381. The molecule has 0 bridgehead atoms. The Morgan fingerprint density at radius 1 is 1.30 bits per heavy atom. The van der Waals surface area contributed by atoms with Crippen molar-refractivity contribution < 1.29 is 14.3 Å². The number of benzene rings is 1. The molecule has 3 heterocycles. The average molecular weight is 428 g/mol. The Labute approximate surface area is 178 Å². The van der Waals surface area contributed by atoms with Crippen LogP contribution in [0.1, 0.15) is 25.6 Å². The minimum absolute atomic E-state index is 0.105. The maximum absolute atomic E-state index is 12.8. The number of anilines is 1. The molecule has 30 heavy (non-hydrogen) atoms. The van der Waals surface area contributed by atoms with E-state index in [4.69, 9.17) is 10.5 Å². The molecule has 158 valence electrons. The first kappa shape index (κ1) is 20.4. The zero-order valence-corrected chi connectivity index (χ0v) is 17.9. The molecular weight excluding hydrogens is 402 g/mol. The van der Waals surface area contributed by atoms with Gasteiger partial charge in [-0.25, -0.2) is 4.79 Å². The molecule has 0 saturated carbocycles. The van der Waals surface area contributed by atoms with Gasteiger partial charge in [0.2, 0.25) is 11.9 Å². The summed E-state index contributed by atoms with van der Waals surface area (Å²) in [6.45, 7) is 6.36. The summed E-state index contributed by atoms with van der Waals surface area (Å²) in [5.74, 6) is -0.407. The summed E-state index contributed by atoms with van der Waals surface area (Å²) in [5, 5.41) is 9.30. The van der Waals surface area contributed by atoms with E-state index < -0.39 is 17.2 Å². The number of hydrogen-bond acceptors (Lipinski definition) is 6. The van der Waals surface area contributed by atoms with Crippen LogP contribution >= 0.6 is 11.3 Å². The molecule has 0 aliphatic carbocycles. The van der Waals surface area contributed by atoms with Crippen LogP contribution in [-0.2, 0) is 15.1 Å². The predicted molar refractivity (Wildman–Crippen MR) is 117 cm³/mol. The number of nitrogens with zero attached hydrogens (tertiary/aromatic N) is 1. The van der Waals surface area contributed by atoms with E-state index in [1.165, 1.54) is 0 Å². The molecule has 2 saturated heterocycles. The van der Waals surface area contributed by atoms with Crippen LogP contribution in [0.4, 0.5) is 10.5 Å². The van der Waals surface area contributed by atoms with E-state index >= 15 is 0 Å². The molecule has 4 rings (SSSR count). The number of hydrogen-bond donors (Lipinski definition) is 4. The minimum Gasteiger partial charge on any atom is -0.442 e. The largest absolute Gasteiger partial charge is 0.442 e. The molecule has 5 N–H and O–H groups in total. The minimum atomic E-state index is -0.753. The Hall–Kier alpha value is -2.91. The summed E-state index contributed by atoms with van der Waals surface area (Å²) in [6, 6.07) is 11.7. The number of guanidine groups is 1. The monoisotopic (exact) mass is 427 g/mol. The summed E-state index contributed by atoms with van der Waals surface area (Å²) in [7, 11) is 0. The number of nitrogen functional groups attached to an aromatic ring is 1. The van der Waals surface area contributed by atoms with E-state index in [1.807, 2.05) is 36.4 Å². The smallest absolute Gasteiger partial charge is 0.437 e. The average Bonchev–Trinajstić information content (AvgIpc) is 3.28. The van der Waals surface area contributed by atoms with E-state index in [0.717, 1.165) is 15.3 Å². The molecule has 0 radical (unpaired) electrons. The Kier molecular flexibility index (Phi) is 5.03. The topological polar surface area (TPSA) is 118 Å². The first-order chi connectivity index (χ1) is 14.2. The number of nitrogens with one attached hydrogen (secondary N) is 3. The Morgan fingerprint density at radius 2 is 2.10 bits per heavy atom. The predicted octanol–water partition coefficient (Wildman–Crippen LogP) is 2.42. The van der Waals surface area contributed by atoms with Crippen LogP contribution in [0.2, 0.25) is 0 Å². The van der Waals surface area contributed by atoms with Gasteiger partial charge in [0.1, 0.15) is 5.60 Å². The number of fused-ring (bicyclic) bond motifs is 1. The molecule has 2 amide bonds. The van der Waals surface area contributed by atoms with Crippen molar-refractivity contribution in [2.75, 3.05) is 18.8 Å². The summed E-state index contributed by atoms with van der Waals surface area (Å²) in [6.07, 6.45) is -0.753. The van der Waals surface area contributed by atoms with Gasteiger partial charge in [-0.05, 0) is 50.6 Å². The molecule has 8 nitrogen and oxygen atoms in total. The van der Waals surface area contributed by atoms with Crippen molar-refractivity contribution in [3.63, 3.8) is 0 Å². The molecule has 2 aliphatic heterocycles. The zero-order valence-electron chi connectivity index (χ0n) is 17.1. The van der Waals surface area contributed by atoms with Gasteiger partial charge >= 0.3 is 6.09 Å².